The zero-order valence-corrected chi connectivity index (χ0v) is 12.7. The first-order valence-corrected chi connectivity index (χ1v) is 7.42. The summed E-state index contributed by atoms with van der Waals surface area (Å²) in [5.41, 5.74) is 3.64. The van der Waals surface area contributed by atoms with Crippen LogP contribution in [0.2, 0.25) is 0 Å². The summed E-state index contributed by atoms with van der Waals surface area (Å²) in [5.74, 6) is -0.359. The van der Waals surface area contributed by atoms with E-state index in [0.717, 1.165) is 23.9 Å². The molecule has 1 atom stereocenters. The molecule has 0 saturated carbocycles. The van der Waals surface area contributed by atoms with Crippen LogP contribution in [0.5, 0.6) is 0 Å². The average Bonchev–Trinajstić information content (AvgIpc) is 2.94. The summed E-state index contributed by atoms with van der Waals surface area (Å²) in [6, 6.07) is 9.40. The number of carbonyl (C=O) groups excluding carboxylic acids is 2. The minimum Gasteiger partial charge on any atom is -0.373 e. The topological polar surface area (TPSA) is 70.2 Å². The Morgan fingerprint density at radius 2 is 1.82 bits per heavy atom. The molecule has 22 heavy (non-hydrogen) atoms. The first-order chi connectivity index (χ1) is 10.6. The van der Waals surface area contributed by atoms with Crippen molar-refractivity contribution in [3.63, 3.8) is 0 Å². The Hall–Kier alpha value is -2.56. The van der Waals surface area contributed by atoms with Crippen molar-refractivity contribution in [1.29, 1.82) is 0 Å². The largest absolute Gasteiger partial charge is 0.373 e. The van der Waals surface area contributed by atoms with E-state index in [1.165, 1.54) is 23.6 Å². The van der Waals surface area contributed by atoms with E-state index in [-0.39, 0.29) is 5.91 Å². The number of amides is 3. The molecule has 0 fully saturated rings. The van der Waals surface area contributed by atoms with Crippen LogP contribution >= 0.6 is 0 Å². The predicted octanol–water partition coefficient (Wildman–Crippen LogP) is 2.19. The summed E-state index contributed by atoms with van der Waals surface area (Å²) >= 11 is 0. The standard InChI is InChI=1S/C17H19N3O2/c1-10(16(21)20-17(22)18-2)19-14-9-8-12-7-6-11-4-3-5-13(14)15(11)12/h3-5,8-10,19H,6-7H2,1-2H3,(H2,18,20,21,22)/t10-/m1/s1. The van der Waals surface area contributed by atoms with Crippen LogP contribution in [0.3, 0.4) is 0 Å². The van der Waals surface area contributed by atoms with E-state index in [1.807, 2.05) is 12.1 Å². The Labute approximate surface area is 129 Å². The molecule has 3 rings (SSSR count). The molecule has 2 aromatic carbocycles. The molecule has 5 heteroatoms. The Morgan fingerprint density at radius 3 is 2.55 bits per heavy atom. The molecule has 0 aliphatic heterocycles. The summed E-state index contributed by atoms with van der Waals surface area (Å²) in [4.78, 5) is 23.2. The lowest BCUT2D eigenvalue weighted by atomic mass is 10.0. The Balaban J connectivity index is 1.86. The summed E-state index contributed by atoms with van der Waals surface area (Å²) in [7, 11) is 1.48. The number of benzene rings is 2. The van der Waals surface area contributed by atoms with Crippen LogP contribution in [0.15, 0.2) is 30.3 Å². The summed E-state index contributed by atoms with van der Waals surface area (Å²) in [5, 5.41) is 10.3. The monoisotopic (exact) mass is 297 g/mol. The zero-order chi connectivity index (χ0) is 15.7. The molecule has 3 N–H and O–H groups in total. The molecule has 1 aliphatic rings. The minimum atomic E-state index is -0.504. The fraction of sp³-hybridized carbons (Fsp3) is 0.294. The maximum atomic E-state index is 12.0. The van der Waals surface area contributed by atoms with E-state index < -0.39 is 12.1 Å². The van der Waals surface area contributed by atoms with Crippen molar-refractivity contribution in [2.24, 2.45) is 0 Å². The predicted molar refractivity (Wildman–Crippen MR) is 87.0 cm³/mol. The first-order valence-electron chi connectivity index (χ1n) is 7.42. The molecule has 0 aromatic heterocycles. The molecule has 0 radical (unpaired) electrons. The maximum Gasteiger partial charge on any atom is 0.321 e. The van der Waals surface area contributed by atoms with Gasteiger partial charge in [0.2, 0.25) is 5.91 Å². The summed E-state index contributed by atoms with van der Waals surface area (Å²) < 4.78 is 0. The smallest absolute Gasteiger partial charge is 0.321 e. The van der Waals surface area contributed by atoms with E-state index in [0.29, 0.717) is 0 Å². The van der Waals surface area contributed by atoms with Gasteiger partial charge in [-0.25, -0.2) is 4.79 Å². The lowest BCUT2D eigenvalue weighted by Gasteiger charge is -2.17. The number of nitrogens with one attached hydrogen (secondary N) is 3. The fourth-order valence-electron chi connectivity index (χ4n) is 2.95. The molecule has 3 amide bonds. The van der Waals surface area contributed by atoms with Gasteiger partial charge in [-0.15, -0.1) is 0 Å². The molecule has 1 aliphatic carbocycles. The number of imide groups is 1. The van der Waals surface area contributed by atoms with Gasteiger partial charge in [0.1, 0.15) is 6.04 Å². The average molecular weight is 297 g/mol. The van der Waals surface area contributed by atoms with Gasteiger partial charge in [-0.3, -0.25) is 10.1 Å². The third kappa shape index (κ3) is 2.50. The van der Waals surface area contributed by atoms with Crippen LogP contribution in [0.1, 0.15) is 18.1 Å². The van der Waals surface area contributed by atoms with Gasteiger partial charge in [-0.05, 0) is 42.3 Å². The number of carbonyl (C=O) groups is 2. The molecule has 0 saturated heterocycles. The van der Waals surface area contributed by atoms with Crippen LogP contribution in [0.25, 0.3) is 10.8 Å². The van der Waals surface area contributed by atoms with Crippen LogP contribution in [-0.2, 0) is 17.6 Å². The first kappa shape index (κ1) is 14.4. The molecule has 0 unspecified atom stereocenters. The van der Waals surface area contributed by atoms with Crippen molar-refractivity contribution in [3.05, 3.63) is 41.5 Å². The SMILES string of the molecule is CNC(=O)NC(=O)[C@@H](C)Nc1ccc2c3c(cccc13)CC2. The van der Waals surface area contributed by atoms with Gasteiger partial charge in [-0.2, -0.15) is 0 Å². The second-order valence-corrected chi connectivity index (χ2v) is 5.55. The highest BCUT2D eigenvalue weighted by Gasteiger charge is 2.19. The molecular formula is C17H19N3O2. The van der Waals surface area contributed by atoms with E-state index in [2.05, 4.69) is 34.1 Å². The fourth-order valence-corrected chi connectivity index (χ4v) is 2.95. The van der Waals surface area contributed by atoms with Gasteiger partial charge in [0.15, 0.2) is 0 Å². The maximum absolute atomic E-state index is 12.0. The van der Waals surface area contributed by atoms with E-state index >= 15 is 0 Å². The second-order valence-electron chi connectivity index (χ2n) is 5.55. The second kappa shape index (κ2) is 5.67. The highest BCUT2D eigenvalue weighted by Crippen LogP contribution is 2.35. The quantitative estimate of drug-likeness (QED) is 0.813. The molecule has 0 bridgehead atoms. The van der Waals surface area contributed by atoms with Crippen molar-refractivity contribution >= 4 is 28.4 Å². The normalized spacial score (nSPS) is 13.7. The van der Waals surface area contributed by atoms with Crippen molar-refractivity contribution in [2.75, 3.05) is 12.4 Å². The lowest BCUT2D eigenvalue weighted by molar-refractivity contribution is -0.120. The van der Waals surface area contributed by atoms with Crippen LogP contribution in [0.4, 0.5) is 10.5 Å². The van der Waals surface area contributed by atoms with Crippen molar-refractivity contribution in [1.82, 2.24) is 10.6 Å². The van der Waals surface area contributed by atoms with Gasteiger partial charge in [-0.1, -0.05) is 24.3 Å². The van der Waals surface area contributed by atoms with Gasteiger partial charge < -0.3 is 10.6 Å². The Bertz CT molecular complexity index is 745. The number of hydrogen-bond donors (Lipinski definition) is 3. The highest BCUT2D eigenvalue weighted by atomic mass is 16.2. The van der Waals surface area contributed by atoms with Crippen molar-refractivity contribution in [2.45, 2.75) is 25.8 Å². The zero-order valence-electron chi connectivity index (χ0n) is 12.7. The lowest BCUT2D eigenvalue weighted by Crippen LogP contribution is -2.44. The van der Waals surface area contributed by atoms with Gasteiger partial charge in [0, 0.05) is 18.1 Å². The number of urea groups is 1. The van der Waals surface area contributed by atoms with Gasteiger partial charge in [0.05, 0.1) is 0 Å². The van der Waals surface area contributed by atoms with E-state index in [1.54, 1.807) is 6.92 Å². The van der Waals surface area contributed by atoms with Crippen LogP contribution in [0, 0.1) is 0 Å². The molecule has 114 valence electrons. The Morgan fingerprint density at radius 1 is 1.09 bits per heavy atom. The molecule has 0 heterocycles. The Kier molecular flexibility index (Phi) is 3.71. The van der Waals surface area contributed by atoms with Crippen molar-refractivity contribution in [3.8, 4) is 0 Å². The van der Waals surface area contributed by atoms with Crippen LogP contribution < -0.4 is 16.0 Å². The molecular weight excluding hydrogens is 278 g/mol. The minimum absolute atomic E-state index is 0.359. The van der Waals surface area contributed by atoms with Crippen LogP contribution in [-0.4, -0.2) is 25.0 Å². The van der Waals surface area contributed by atoms with Gasteiger partial charge in [0.25, 0.3) is 0 Å². The van der Waals surface area contributed by atoms with Crippen molar-refractivity contribution < 1.29 is 9.59 Å². The molecule has 2 aromatic rings. The summed E-state index contributed by atoms with van der Waals surface area (Å²) in [6.45, 7) is 1.74. The number of anilines is 1. The number of aryl methyl sites for hydroxylation is 2. The van der Waals surface area contributed by atoms with E-state index in [9.17, 15) is 9.59 Å². The third-order valence-electron chi connectivity index (χ3n) is 4.11. The number of rotatable bonds is 3. The summed E-state index contributed by atoms with van der Waals surface area (Å²) in [6.07, 6.45) is 2.14. The van der Waals surface area contributed by atoms with E-state index in [4.69, 9.17) is 0 Å². The van der Waals surface area contributed by atoms with Gasteiger partial charge >= 0.3 is 6.03 Å². The molecule has 0 spiro atoms. The third-order valence-corrected chi connectivity index (χ3v) is 4.11. The highest BCUT2D eigenvalue weighted by molar-refractivity contribution is 6.02. The molecule has 5 nitrogen and oxygen atoms in total. The number of hydrogen-bond acceptors (Lipinski definition) is 3.